The number of carboxylic acids is 1. The monoisotopic (exact) mass is 527 g/mol. The molecule has 0 aliphatic carbocycles. The third-order valence-corrected chi connectivity index (χ3v) is 5.57. The molecule has 0 saturated heterocycles. The molecule has 0 bridgehead atoms. The zero-order valence-electron chi connectivity index (χ0n) is 21.4. The highest BCUT2D eigenvalue weighted by molar-refractivity contribution is 5.97. The Morgan fingerprint density at radius 3 is 2.53 bits per heavy atom. The number of amides is 3. The topological polar surface area (TPSA) is 152 Å². The zero-order valence-corrected chi connectivity index (χ0v) is 21.4. The maximum absolute atomic E-state index is 12.5. The third kappa shape index (κ3) is 8.99. The fourth-order valence-corrected chi connectivity index (χ4v) is 3.63. The van der Waals surface area contributed by atoms with Gasteiger partial charge in [0.2, 0.25) is 0 Å². The van der Waals surface area contributed by atoms with Crippen LogP contribution in [0.4, 0.5) is 15.3 Å². The average Bonchev–Trinajstić information content (AvgIpc) is 2.89. The summed E-state index contributed by atoms with van der Waals surface area (Å²) in [6, 6.07) is 13.1. The number of alkyl carbamates (subject to hydrolysis) is 2. The molecule has 0 fully saturated rings. The Labute approximate surface area is 220 Å². The Hall–Kier alpha value is -4.28. The number of rotatable bonds is 12. The van der Waals surface area contributed by atoms with Crippen molar-refractivity contribution in [2.45, 2.75) is 51.9 Å². The Morgan fingerprint density at radius 1 is 1.05 bits per heavy atom. The van der Waals surface area contributed by atoms with Crippen LogP contribution < -0.4 is 20.7 Å². The van der Waals surface area contributed by atoms with Crippen LogP contribution in [0, 0.1) is 5.92 Å². The van der Waals surface area contributed by atoms with Crippen LogP contribution in [0.2, 0.25) is 0 Å². The Balaban J connectivity index is 1.45. The van der Waals surface area contributed by atoms with E-state index in [0.29, 0.717) is 36.4 Å². The number of aliphatic carboxylic acids is 1. The number of benzene rings is 2. The van der Waals surface area contributed by atoms with Crippen LogP contribution in [0.1, 0.15) is 37.8 Å². The van der Waals surface area contributed by atoms with Crippen LogP contribution >= 0.6 is 0 Å². The van der Waals surface area contributed by atoms with Gasteiger partial charge in [-0.15, -0.1) is 0 Å². The molecule has 0 aromatic heterocycles. The van der Waals surface area contributed by atoms with Crippen molar-refractivity contribution in [3.63, 3.8) is 0 Å². The van der Waals surface area contributed by atoms with Gasteiger partial charge in [0.05, 0.1) is 12.3 Å². The molecule has 0 radical (unpaired) electrons. The largest absolute Gasteiger partial charge is 0.480 e. The molecule has 3 amide bonds. The second-order valence-electron chi connectivity index (χ2n) is 9.29. The van der Waals surface area contributed by atoms with Gasteiger partial charge in [0.1, 0.15) is 18.4 Å². The molecule has 2 aromatic carbocycles. The maximum atomic E-state index is 12.5. The van der Waals surface area contributed by atoms with Crippen molar-refractivity contribution in [2.24, 2.45) is 5.92 Å². The molecular weight excluding hydrogens is 494 g/mol. The van der Waals surface area contributed by atoms with Gasteiger partial charge in [-0.05, 0) is 42.0 Å². The van der Waals surface area contributed by atoms with E-state index in [2.05, 4.69) is 16.0 Å². The number of nitrogens with one attached hydrogen (secondary N) is 3. The molecule has 0 unspecified atom stereocenters. The molecule has 1 aliphatic heterocycles. The smallest absolute Gasteiger partial charge is 0.407 e. The first-order valence-electron chi connectivity index (χ1n) is 12.4. The summed E-state index contributed by atoms with van der Waals surface area (Å²) < 4.78 is 16.0. The molecule has 1 heterocycles. The number of anilines is 1. The van der Waals surface area contributed by atoms with Gasteiger partial charge in [0.25, 0.3) is 5.91 Å². The van der Waals surface area contributed by atoms with E-state index in [0.717, 1.165) is 5.56 Å². The van der Waals surface area contributed by atoms with Gasteiger partial charge in [-0.25, -0.2) is 14.4 Å². The van der Waals surface area contributed by atoms with Crippen molar-refractivity contribution in [3.8, 4) is 5.75 Å². The van der Waals surface area contributed by atoms with E-state index < -0.39 is 30.3 Å². The molecule has 2 atom stereocenters. The van der Waals surface area contributed by atoms with E-state index in [4.69, 9.17) is 14.2 Å². The van der Waals surface area contributed by atoms with Crippen LogP contribution in [0.15, 0.2) is 48.5 Å². The lowest BCUT2D eigenvalue weighted by molar-refractivity contribution is -0.139. The summed E-state index contributed by atoms with van der Waals surface area (Å²) in [4.78, 5) is 47.9. The van der Waals surface area contributed by atoms with Crippen molar-refractivity contribution in [2.75, 3.05) is 18.5 Å². The lowest BCUT2D eigenvalue weighted by Crippen LogP contribution is -2.43. The molecule has 11 heteroatoms. The van der Waals surface area contributed by atoms with Gasteiger partial charge in [0, 0.05) is 13.0 Å². The summed E-state index contributed by atoms with van der Waals surface area (Å²) in [6.45, 7) is 4.41. The minimum atomic E-state index is -1.21. The third-order valence-electron chi connectivity index (χ3n) is 5.57. The van der Waals surface area contributed by atoms with E-state index in [-0.39, 0.29) is 31.5 Å². The first-order chi connectivity index (χ1) is 18.2. The fourth-order valence-electron chi connectivity index (χ4n) is 3.63. The van der Waals surface area contributed by atoms with E-state index >= 15 is 0 Å². The number of carboxylic acid groups (broad SMARTS) is 1. The first-order valence-corrected chi connectivity index (χ1v) is 12.4. The molecule has 38 heavy (non-hydrogen) atoms. The zero-order chi connectivity index (χ0) is 27.5. The highest BCUT2D eigenvalue weighted by Crippen LogP contribution is 2.32. The predicted molar refractivity (Wildman–Crippen MR) is 138 cm³/mol. The summed E-state index contributed by atoms with van der Waals surface area (Å²) >= 11 is 0. The highest BCUT2D eigenvalue weighted by Gasteiger charge is 2.28. The van der Waals surface area contributed by atoms with Gasteiger partial charge in [-0.3, -0.25) is 4.79 Å². The molecule has 3 rings (SSSR count). The van der Waals surface area contributed by atoms with E-state index in [1.807, 2.05) is 44.2 Å². The minimum Gasteiger partial charge on any atom is -0.480 e. The van der Waals surface area contributed by atoms with Crippen LogP contribution in [0.5, 0.6) is 5.75 Å². The molecule has 204 valence electrons. The SMILES string of the molecule is CC(C)COC(=O)N[C@@H](Cc1ccc2c(c1)NC(=O)[C@@H](CCCNC(=O)OCc1ccccc1)O2)C(=O)O. The Bertz CT molecular complexity index is 1120. The summed E-state index contributed by atoms with van der Waals surface area (Å²) in [5.41, 5.74) is 1.88. The molecule has 1 aliphatic rings. The molecule has 0 saturated carbocycles. The highest BCUT2D eigenvalue weighted by atomic mass is 16.6. The Morgan fingerprint density at radius 2 is 1.82 bits per heavy atom. The maximum Gasteiger partial charge on any atom is 0.407 e. The van der Waals surface area contributed by atoms with Crippen molar-refractivity contribution >= 4 is 29.8 Å². The van der Waals surface area contributed by atoms with Crippen LogP contribution in [0.25, 0.3) is 0 Å². The van der Waals surface area contributed by atoms with E-state index in [9.17, 15) is 24.3 Å². The second kappa shape index (κ2) is 13.9. The van der Waals surface area contributed by atoms with Crippen molar-refractivity contribution < 1.29 is 38.5 Å². The quantitative estimate of drug-likeness (QED) is 0.306. The summed E-state index contributed by atoms with van der Waals surface area (Å²) in [7, 11) is 0. The number of carbonyl (C=O) groups excluding carboxylic acids is 3. The lowest BCUT2D eigenvalue weighted by Gasteiger charge is -2.26. The van der Waals surface area contributed by atoms with Crippen molar-refractivity contribution in [1.82, 2.24) is 10.6 Å². The van der Waals surface area contributed by atoms with Gasteiger partial charge < -0.3 is 35.3 Å². The van der Waals surface area contributed by atoms with Crippen LogP contribution in [0.3, 0.4) is 0 Å². The molecule has 4 N–H and O–H groups in total. The standard InChI is InChI=1S/C27H33N3O8/c1-17(2)15-36-27(35)30-21(25(32)33)14-19-10-11-22-20(13-19)29-24(31)23(38-22)9-6-12-28-26(34)37-16-18-7-4-3-5-8-18/h3-5,7-8,10-11,13,17,21,23H,6,9,12,14-16H2,1-2H3,(H,28,34)(H,29,31)(H,30,35)(H,32,33)/t21-,23+/m0/s1. The molecule has 2 aromatic rings. The number of hydrogen-bond acceptors (Lipinski definition) is 7. The van der Waals surface area contributed by atoms with E-state index in [1.165, 1.54) is 0 Å². The number of fused-ring (bicyclic) bond motifs is 1. The van der Waals surface area contributed by atoms with Gasteiger partial charge >= 0.3 is 18.2 Å². The lowest BCUT2D eigenvalue weighted by atomic mass is 10.0. The van der Waals surface area contributed by atoms with Gasteiger partial charge in [-0.2, -0.15) is 0 Å². The molecular formula is C27H33N3O8. The number of carbonyl (C=O) groups is 4. The summed E-state index contributed by atoms with van der Waals surface area (Å²) in [5, 5.41) is 17.3. The second-order valence-corrected chi connectivity index (χ2v) is 9.29. The fraction of sp³-hybridized carbons (Fsp3) is 0.407. The average molecular weight is 528 g/mol. The molecule has 0 spiro atoms. The van der Waals surface area contributed by atoms with Gasteiger partial charge in [-0.1, -0.05) is 50.2 Å². The summed E-state index contributed by atoms with van der Waals surface area (Å²) in [6.07, 6.45) is -1.23. The van der Waals surface area contributed by atoms with Gasteiger partial charge in [0.15, 0.2) is 6.10 Å². The van der Waals surface area contributed by atoms with E-state index in [1.54, 1.807) is 18.2 Å². The predicted octanol–water partition coefficient (Wildman–Crippen LogP) is 3.47. The molecule has 11 nitrogen and oxygen atoms in total. The first kappa shape index (κ1) is 28.3. The Kier molecular flexibility index (Phi) is 10.3. The van der Waals surface area contributed by atoms with Crippen molar-refractivity contribution in [1.29, 1.82) is 0 Å². The van der Waals surface area contributed by atoms with Crippen molar-refractivity contribution in [3.05, 3.63) is 59.7 Å². The summed E-state index contributed by atoms with van der Waals surface area (Å²) in [5.74, 6) is -0.979. The van der Waals surface area contributed by atoms with Crippen LogP contribution in [-0.4, -0.2) is 54.5 Å². The van der Waals surface area contributed by atoms with Crippen LogP contribution in [-0.2, 0) is 32.1 Å². The number of ether oxygens (including phenoxy) is 3. The normalized spacial score (nSPS) is 14.9. The minimum absolute atomic E-state index is 0.00919. The number of hydrogen-bond donors (Lipinski definition) is 4.